The van der Waals surface area contributed by atoms with E-state index in [4.69, 9.17) is 4.74 Å². The highest BCUT2D eigenvalue weighted by Crippen LogP contribution is 2.30. The Morgan fingerprint density at radius 1 is 1.06 bits per heavy atom. The summed E-state index contributed by atoms with van der Waals surface area (Å²) in [6.45, 7) is 4.56. The molecule has 1 aliphatic heterocycles. The summed E-state index contributed by atoms with van der Waals surface area (Å²) in [5.74, 6) is 0.112. The Morgan fingerprint density at radius 2 is 1.68 bits per heavy atom. The molecule has 0 radical (unpaired) electrons. The van der Waals surface area contributed by atoms with Gasteiger partial charge in [-0.15, -0.1) is 0 Å². The lowest BCUT2D eigenvalue weighted by atomic mass is 10.1. The number of amides is 2. The van der Waals surface area contributed by atoms with Gasteiger partial charge in [0.15, 0.2) is 0 Å². The quantitative estimate of drug-likeness (QED) is 0.727. The van der Waals surface area contributed by atoms with E-state index < -0.39 is 11.7 Å². The second kappa shape index (κ2) is 9.41. The molecule has 0 spiro atoms. The minimum atomic E-state index is -4.43. The number of ether oxygens (including phenoxy) is 1. The van der Waals surface area contributed by atoms with Crippen LogP contribution in [0.25, 0.3) is 0 Å². The number of hydrogen-bond acceptors (Lipinski definition) is 3. The zero-order valence-corrected chi connectivity index (χ0v) is 17.4. The molecule has 2 aromatic rings. The molecule has 166 valence electrons. The molecular formula is C23H25F3N2O3. The van der Waals surface area contributed by atoms with Crippen molar-refractivity contribution in [2.75, 3.05) is 13.2 Å². The summed E-state index contributed by atoms with van der Waals surface area (Å²) < 4.78 is 44.0. The molecule has 1 fully saturated rings. The van der Waals surface area contributed by atoms with Gasteiger partial charge in [-0.3, -0.25) is 9.59 Å². The van der Waals surface area contributed by atoms with Crippen molar-refractivity contribution >= 4 is 11.8 Å². The molecule has 1 heterocycles. The van der Waals surface area contributed by atoms with Crippen LogP contribution in [-0.2, 0) is 6.18 Å². The number of hydrogen-bond donors (Lipinski definition) is 1. The van der Waals surface area contributed by atoms with Crippen molar-refractivity contribution < 1.29 is 27.5 Å². The lowest BCUT2D eigenvalue weighted by molar-refractivity contribution is -0.137. The summed E-state index contributed by atoms with van der Waals surface area (Å²) in [4.78, 5) is 26.4. The van der Waals surface area contributed by atoms with Gasteiger partial charge in [0.2, 0.25) is 0 Å². The second-order valence-corrected chi connectivity index (χ2v) is 7.83. The van der Waals surface area contributed by atoms with E-state index in [1.54, 1.807) is 29.2 Å². The fraction of sp³-hybridized carbons (Fsp3) is 0.391. The standard InChI is InChI=1S/C23H25F3N2O3/c1-15(2)27-21(29)16-7-11-20(12-8-16)31-14-19-4-3-13-28(19)22(30)17-5-9-18(10-6-17)23(24,25)26/h5-12,15,19H,3-4,13-14H2,1-2H3,(H,27,29)/t19-/m1/s1. The van der Waals surface area contributed by atoms with Gasteiger partial charge in [-0.05, 0) is 75.2 Å². The number of halogens is 3. The number of carbonyl (C=O) groups is 2. The van der Waals surface area contributed by atoms with Gasteiger partial charge in [-0.1, -0.05) is 0 Å². The predicted molar refractivity (Wildman–Crippen MR) is 110 cm³/mol. The molecule has 3 rings (SSSR count). The molecule has 0 unspecified atom stereocenters. The van der Waals surface area contributed by atoms with E-state index in [2.05, 4.69) is 5.32 Å². The Kier molecular flexibility index (Phi) is 6.87. The maximum atomic E-state index is 12.8. The summed E-state index contributed by atoms with van der Waals surface area (Å²) in [7, 11) is 0. The molecule has 0 aromatic heterocycles. The lowest BCUT2D eigenvalue weighted by Gasteiger charge is -2.25. The van der Waals surface area contributed by atoms with Crippen LogP contribution in [-0.4, -0.2) is 41.9 Å². The predicted octanol–water partition coefficient (Wildman–Crippen LogP) is 4.53. The van der Waals surface area contributed by atoms with Crippen LogP contribution in [0.15, 0.2) is 48.5 Å². The van der Waals surface area contributed by atoms with Gasteiger partial charge in [-0.25, -0.2) is 0 Å². The first-order valence-corrected chi connectivity index (χ1v) is 10.2. The number of nitrogens with zero attached hydrogens (tertiary/aromatic N) is 1. The molecule has 2 amide bonds. The zero-order valence-electron chi connectivity index (χ0n) is 17.4. The third kappa shape index (κ3) is 5.77. The molecule has 1 atom stereocenters. The molecule has 8 heteroatoms. The molecule has 2 aromatic carbocycles. The zero-order chi connectivity index (χ0) is 22.6. The van der Waals surface area contributed by atoms with Gasteiger partial charge in [-0.2, -0.15) is 13.2 Å². The monoisotopic (exact) mass is 434 g/mol. The first-order chi connectivity index (χ1) is 14.6. The summed E-state index contributed by atoms with van der Waals surface area (Å²) in [6.07, 6.45) is -2.88. The molecule has 5 nitrogen and oxygen atoms in total. The minimum Gasteiger partial charge on any atom is -0.491 e. The number of likely N-dealkylation sites (tertiary alicyclic amines) is 1. The van der Waals surface area contributed by atoms with Crippen LogP contribution in [0.3, 0.4) is 0 Å². The average Bonchev–Trinajstić information content (AvgIpc) is 3.19. The smallest absolute Gasteiger partial charge is 0.416 e. The van der Waals surface area contributed by atoms with Gasteiger partial charge in [0.25, 0.3) is 11.8 Å². The van der Waals surface area contributed by atoms with E-state index >= 15 is 0 Å². The van der Waals surface area contributed by atoms with Gasteiger partial charge in [0.05, 0.1) is 11.6 Å². The third-order valence-electron chi connectivity index (χ3n) is 5.08. The van der Waals surface area contributed by atoms with Crippen molar-refractivity contribution in [3.8, 4) is 5.75 Å². The van der Waals surface area contributed by atoms with E-state index in [1.165, 1.54) is 12.1 Å². The van der Waals surface area contributed by atoms with Crippen LogP contribution < -0.4 is 10.1 Å². The maximum absolute atomic E-state index is 12.8. The average molecular weight is 434 g/mol. The highest BCUT2D eigenvalue weighted by molar-refractivity contribution is 5.95. The summed E-state index contributed by atoms with van der Waals surface area (Å²) >= 11 is 0. The Morgan fingerprint density at radius 3 is 2.26 bits per heavy atom. The Bertz CT molecular complexity index is 909. The fourth-order valence-electron chi connectivity index (χ4n) is 3.48. The minimum absolute atomic E-state index is 0.0407. The van der Waals surface area contributed by atoms with E-state index in [1.807, 2.05) is 13.8 Å². The summed E-state index contributed by atoms with van der Waals surface area (Å²) in [6, 6.07) is 10.9. The van der Waals surface area contributed by atoms with Crippen molar-refractivity contribution in [3.63, 3.8) is 0 Å². The lowest BCUT2D eigenvalue weighted by Crippen LogP contribution is -2.39. The van der Waals surface area contributed by atoms with Gasteiger partial charge >= 0.3 is 6.18 Å². The number of alkyl halides is 3. The molecule has 1 N–H and O–H groups in total. The van der Waals surface area contributed by atoms with Gasteiger partial charge in [0.1, 0.15) is 12.4 Å². The van der Waals surface area contributed by atoms with Crippen molar-refractivity contribution in [3.05, 3.63) is 65.2 Å². The number of carbonyl (C=O) groups excluding carboxylic acids is 2. The molecule has 0 saturated carbocycles. The van der Waals surface area contributed by atoms with E-state index in [9.17, 15) is 22.8 Å². The molecule has 1 saturated heterocycles. The molecular weight excluding hydrogens is 409 g/mol. The van der Waals surface area contributed by atoms with Crippen molar-refractivity contribution in [2.24, 2.45) is 0 Å². The number of nitrogens with one attached hydrogen (secondary N) is 1. The number of rotatable bonds is 6. The van der Waals surface area contributed by atoms with Crippen LogP contribution in [0.5, 0.6) is 5.75 Å². The third-order valence-corrected chi connectivity index (χ3v) is 5.08. The van der Waals surface area contributed by atoms with Crippen molar-refractivity contribution in [1.82, 2.24) is 10.2 Å². The molecule has 1 aliphatic rings. The van der Waals surface area contributed by atoms with E-state index in [0.717, 1.165) is 25.0 Å². The van der Waals surface area contributed by atoms with Crippen LogP contribution in [0.2, 0.25) is 0 Å². The van der Waals surface area contributed by atoms with Crippen LogP contribution in [0.1, 0.15) is 53.0 Å². The molecule has 0 bridgehead atoms. The normalized spacial score (nSPS) is 16.5. The topological polar surface area (TPSA) is 58.6 Å². The van der Waals surface area contributed by atoms with Crippen molar-refractivity contribution in [1.29, 1.82) is 0 Å². The Balaban J connectivity index is 1.59. The van der Waals surface area contributed by atoms with Crippen molar-refractivity contribution in [2.45, 2.75) is 44.9 Å². The van der Waals surface area contributed by atoms with Crippen LogP contribution in [0, 0.1) is 0 Å². The highest BCUT2D eigenvalue weighted by Gasteiger charge is 2.32. The summed E-state index contributed by atoms with van der Waals surface area (Å²) in [5.41, 5.74) is -0.0303. The molecule has 0 aliphatic carbocycles. The summed E-state index contributed by atoms with van der Waals surface area (Å²) in [5, 5.41) is 2.81. The SMILES string of the molecule is CC(C)NC(=O)c1ccc(OC[C@H]2CCCN2C(=O)c2ccc(C(F)(F)F)cc2)cc1. The van der Waals surface area contributed by atoms with Gasteiger partial charge in [0, 0.05) is 23.7 Å². The van der Waals surface area contributed by atoms with E-state index in [-0.39, 0.29) is 36.1 Å². The van der Waals surface area contributed by atoms with Crippen LogP contribution in [0.4, 0.5) is 13.2 Å². The Labute approximate surface area is 179 Å². The van der Waals surface area contributed by atoms with Crippen LogP contribution >= 0.6 is 0 Å². The fourth-order valence-corrected chi connectivity index (χ4v) is 3.48. The molecule has 31 heavy (non-hydrogen) atoms. The first-order valence-electron chi connectivity index (χ1n) is 10.2. The maximum Gasteiger partial charge on any atom is 0.416 e. The van der Waals surface area contributed by atoms with Gasteiger partial charge < -0.3 is 15.0 Å². The highest BCUT2D eigenvalue weighted by atomic mass is 19.4. The first kappa shape index (κ1) is 22.7. The van der Waals surface area contributed by atoms with E-state index in [0.29, 0.717) is 17.9 Å². The Hall–Kier alpha value is -3.03. The second-order valence-electron chi connectivity index (χ2n) is 7.83. The number of benzene rings is 2. The largest absolute Gasteiger partial charge is 0.491 e.